The molecular weight excluding hydrogens is 438 g/mol. The van der Waals surface area contributed by atoms with Crippen LogP contribution < -0.4 is 10.2 Å². The predicted octanol–water partition coefficient (Wildman–Crippen LogP) is 4.40. The SMILES string of the molecule is CC(C)NC(=O)C(C)N(Cc1ccc(Cl)cc1)C(=O)CN1C(=O)c2cccc3cccc1c23. The van der Waals surface area contributed by atoms with E-state index in [-0.39, 0.29) is 36.9 Å². The van der Waals surface area contributed by atoms with Gasteiger partial charge >= 0.3 is 0 Å². The molecule has 6 nitrogen and oxygen atoms in total. The summed E-state index contributed by atoms with van der Waals surface area (Å²) in [7, 11) is 0. The van der Waals surface area contributed by atoms with Crippen molar-refractivity contribution < 1.29 is 14.4 Å². The minimum absolute atomic E-state index is 0.0558. The molecule has 3 amide bonds. The largest absolute Gasteiger partial charge is 0.352 e. The Morgan fingerprint density at radius 3 is 2.33 bits per heavy atom. The van der Waals surface area contributed by atoms with Crippen LogP contribution in [-0.2, 0) is 16.1 Å². The number of carbonyl (C=O) groups is 3. The van der Waals surface area contributed by atoms with E-state index in [1.807, 2.05) is 56.3 Å². The number of amides is 3. The molecule has 1 heterocycles. The van der Waals surface area contributed by atoms with E-state index in [9.17, 15) is 14.4 Å². The van der Waals surface area contributed by atoms with E-state index in [0.29, 0.717) is 16.3 Å². The van der Waals surface area contributed by atoms with Crippen LogP contribution in [0.2, 0.25) is 5.02 Å². The second-order valence-corrected chi connectivity index (χ2v) is 9.00. The maximum atomic E-state index is 13.5. The maximum Gasteiger partial charge on any atom is 0.259 e. The lowest BCUT2D eigenvalue weighted by molar-refractivity contribution is -0.139. The molecule has 0 aliphatic carbocycles. The molecule has 1 atom stereocenters. The molecule has 0 spiro atoms. The van der Waals surface area contributed by atoms with Crippen LogP contribution in [0.3, 0.4) is 0 Å². The molecule has 1 aliphatic heterocycles. The van der Waals surface area contributed by atoms with Crippen molar-refractivity contribution in [3.8, 4) is 0 Å². The molecular formula is C26H26ClN3O3. The summed E-state index contributed by atoms with van der Waals surface area (Å²) >= 11 is 6.00. The number of halogens is 1. The highest BCUT2D eigenvalue weighted by Crippen LogP contribution is 2.37. The van der Waals surface area contributed by atoms with E-state index in [1.54, 1.807) is 25.1 Å². The number of rotatable bonds is 7. The third-order valence-corrected chi connectivity index (χ3v) is 6.06. The summed E-state index contributed by atoms with van der Waals surface area (Å²) in [4.78, 5) is 42.5. The number of hydrogen-bond acceptors (Lipinski definition) is 3. The Kier molecular flexibility index (Phi) is 6.38. The van der Waals surface area contributed by atoms with Crippen LogP contribution in [-0.4, -0.2) is 41.2 Å². The number of nitrogens with zero attached hydrogens (tertiary/aromatic N) is 2. The van der Waals surface area contributed by atoms with Crippen LogP contribution in [0, 0.1) is 0 Å². The molecule has 1 aliphatic rings. The van der Waals surface area contributed by atoms with Crippen LogP contribution in [0.25, 0.3) is 10.8 Å². The van der Waals surface area contributed by atoms with E-state index in [0.717, 1.165) is 16.3 Å². The van der Waals surface area contributed by atoms with Crippen molar-refractivity contribution in [2.45, 2.75) is 39.4 Å². The molecule has 0 radical (unpaired) electrons. The number of nitrogens with one attached hydrogen (secondary N) is 1. The minimum Gasteiger partial charge on any atom is -0.352 e. The Morgan fingerprint density at radius 2 is 1.67 bits per heavy atom. The van der Waals surface area contributed by atoms with Gasteiger partial charge in [-0.25, -0.2) is 0 Å². The van der Waals surface area contributed by atoms with Crippen molar-refractivity contribution in [1.29, 1.82) is 0 Å². The van der Waals surface area contributed by atoms with Gasteiger partial charge in [0.25, 0.3) is 5.91 Å². The summed E-state index contributed by atoms with van der Waals surface area (Å²) in [5, 5.41) is 5.27. The molecule has 0 aromatic heterocycles. The zero-order valence-electron chi connectivity index (χ0n) is 18.8. The number of hydrogen-bond donors (Lipinski definition) is 1. The summed E-state index contributed by atoms with van der Waals surface area (Å²) in [5.41, 5.74) is 2.15. The van der Waals surface area contributed by atoms with Gasteiger partial charge in [-0.2, -0.15) is 0 Å². The van der Waals surface area contributed by atoms with E-state index < -0.39 is 6.04 Å². The Bertz CT molecular complexity index is 1220. The monoisotopic (exact) mass is 463 g/mol. The quantitative estimate of drug-likeness (QED) is 0.564. The Morgan fingerprint density at radius 1 is 1.00 bits per heavy atom. The van der Waals surface area contributed by atoms with Crippen LogP contribution in [0.15, 0.2) is 60.7 Å². The van der Waals surface area contributed by atoms with Crippen molar-refractivity contribution in [3.05, 3.63) is 76.8 Å². The Labute approximate surface area is 198 Å². The van der Waals surface area contributed by atoms with Crippen LogP contribution in [0.4, 0.5) is 5.69 Å². The van der Waals surface area contributed by atoms with Crippen LogP contribution in [0.5, 0.6) is 0 Å². The molecule has 1 N–H and O–H groups in total. The Hall–Kier alpha value is -3.38. The van der Waals surface area contributed by atoms with Gasteiger partial charge < -0.3 is 10.2 Å². The number of benzene rings is 3. The van der Waals surface area contributed by atoms with Crippen LogP contribution >= 0.6 is 11.6 Å². The van der Waals surface area contributed by atoms with E-state index in [2.05, 4.69) is 5.32 Å². The molecule has 33 heavy (non-hydrogen) atoms. The summed E-state index contributed by atoms with van der Waals surface area (Å²) in [6.07, 6.45) is 0. The van der Waals surface area contributed by atoms with Gasteiger partial charge in [-0.15, -0.1) is 0 Å². The summed E-state index contributed by atoms with van der Waals surface area (Å²) in [6, 6.07) is 17.6. The second-order valence-electron chi connectivity index (χ2n) is 8.56. The molecule has 0 saturated carbocycles. The average molecular weight is 464 g/mol. The molecule has 170 valence electrons. The predicted molar refractivity (Wildman–Crippen MR) is 130 cm³/mol. The highest BCUT2D eigenvalue weighted by atomic mass is 35.5. The number of anilines is 1. The average Bonchev–Trinajstić information content (AvgIpc) is 3.05. The first kappa shape index (κ1) is 22.8. The molecule has 3 aromatic carbocycles. The first-order chi connectivity index (χ1) is 15.8. The topological polar surface area (TPSA) is 69.7 Å². The van der Waals surface area contributed by atoms with E-state index in [4.69, 9.17) is 11.6 Å². The van der Waals surface area contributed by atoms with Crippen molar-refractivity contribution in [1.82, 2.24) is 10.2 Å². The van der Waals surface area contributed by atoms with Crippen molar-refractivity contribution in [2.24, 2.45) is 0 Å². The molecule has 4 rings (SSSR count). The van der Waals surface area contributed by atoms with Gasteiger partial charge in [-0.1, -0.05) is 48.0 Å². The van der Waals surface area contributed by atoms with Gasteiger partial charge in [-0.3, -0.25) is 19.3 Å². The first-order valence-corrected chi connectivity index (χ1v) is 11.3. The minimum atomic E-state index is -0.716. The lowest BCUT2D eigenvalue weighted by Crippen LogP contribution is -2.51. The van der Waals surface area contributed by atoms with Gasteiger partial charge in [0.05, 0.1) is 5.69 Å². The third kappa shape index (κ3) is 4.57. The molecule has 3 aromatic rings. The lowest BCUT2D eigenvalue weighted by atomic mass is 10.1. The smallest absolute Gasteiger partial charge is 0.259 e. The van der Waals surface area contributed by atoms with E-state index >= 15 is 0 Å². The highest BCUT2D eigenvalue weighted by molar-refractivity contribution is 6.30. The lowest BCUT2D eigenvalue weighted by Gasteiger charge is -2.31. The van der Waals surface area contributed by atoms with E-state index in [1.165, 1.54) is 9.80 Å². The van der Waals surface area contributed by atoms with Gasteiger partial charge in [0.2, 0.25) is 11.8 Å². The van der Waals surface area contributed by atoms with Crippen molar-refractivity contribution in [2.75, 3.05) is 11.4 Å². The van der Waals surface area contributed by atoms with Crippen molar-refractivity contribution >= 4 is 45.8 Å². The normalized spacial score (nSPS) is 13.5. The second kappa shape index (κ2) is 9.24. The standard InChI is InChI=1S/C26H26ClN3O3/c1-16(2)28-25(32)17(3)29(14-18-10-12-20(27)13-11-18)23(31)15-30-22-9-5-7-19-6-4-8-21(24(19)22)26(30)33/h4-13,16-17H,14-15H2,1-3H3,(H,28,32). The maximum absolute atomic E-state index is 13.5. The van der Waals surface area contributed by atoms with Gasteiger partial charge in [0.1, 0.15) is 12.6 Å². The molecule has 0 saturated heterocycles. The highest BCUT2D eigenvalue weighted by Gasteiger charge is 2.34. The summed E-state index contributed by atoms with van der Waals surface area (Å²) in [6.45, 7) is 5.52. The molecule has 0 fully saturated rings. The summed E-state index contributed by atoms with van der Waals surface area (Å²) < 4.78 is 0. The molecule has 7 heteroatoms. The number of carbonyl (C=O) groups excluding carboxylic acids is 3. The molecule has 0 bridgehead atoms. The Balaban J connectivity index is 1.62. The van der Waals surface area contributed by atoms with Gasteiger partial charge in [0, 0.05) is 28.6 Å². The van der Waals surface area contributed by atoms with Crippen molar-refractivity contribution in [3.63, 3.8) is 0 Å². The fourth-order valence-corrected chi connectivity index (χ4v) is 4.26. The summed E-state index contributed by atoms with van der Waals surface area (Å²) in [5.74, 6) is -0.763. The zero-order valence-corrected chi connectivity index (χ0v) is 19.6. The fraction of sp³-hybridized carbons (Fsp3) is 0.269. The van der Waals surface area contributed by atoms with Crippen LogP contribution in [0.1, 0.15) is 36.7 Å². The zero-order chi connectivity index (χ0) is 23.7. The molecule has 1 unspecified atom stereocenters. The van der Waals surface area contributed by atoms with Gasteiger partial charge in [0.15, 0.2) is 0 Å². The first-order valence-electron chi connectivity index (χ1n) is 10.9. The fourth-order valence-electron chi connectivity index (χ4n) is 4.14. The third-order valence-electron chi connectivity index (χ3n) is 5.81. The van der Waals surface area contributed by atoms with Gasteiger partial charge in [-0.05, 0) is 56.0 Å².